The first kappa shape index (κ1) is 20.1. The average Bonchev–Trinajstić information content (AvgIpc) is 3.37. The van der Waals surface area contributed by atoms with E-state index in [0.29, 0.717) is 5.92 Å². The highest BCUT2D eigenvalue weighted by Gasteiger charge is 2.18. The number of rotatable bonds is 12. The van der Waals surface area contributed by atoms with Gasteiger partial charge in [-0.2, -0.15) is 4.98 Å². The van der Waals surface area contributed by atoms with Crippen molar-refractivity contribution in [2.24, 2.45) is 5.92 Å². The topological polar surface area (TPSA) is 51.0 Å². The van der Waals surface area contributed by atoms with Crippen molar-refractivity contribution in [2.75, 3.05) is 13.1 Å². The van der Waals surface area contributed by atoms with E-state index in [2.05, 4.69) is 46.6 Å². The van der Waals surface area contributed by atoms with Gasteiger partial charge in [0.1, 0.15) is 0 Å². The van der Waals surface area contributed by atoms with Crippen LogP contribution in [0.15, 0.2) is 28.8 Å². The van der Waals surface area contributed by atoms with Crippen molar-refractivity contribution in [3.05, 3.63) is 35.7 Å². The molecule has 0 bridgehead atoms. The summed E-state index contributed by atoms with van der Waals surface area (Å²) in [6.07, 6.45) is 14.2. The molecule has 1 N–H and O–H groups in total. The normalized spacial score (nSPS) is 16.9. The zero-order chi connectivity index (χ0) is 18.7. The molecule has 1 aliphatic heterocycles. The number of unbranched alkanes of at least 4 members (excludes halogenated alkanes) is 7. The van der Waals surface area contributed by atoms with E-state index in [4.69, 9.17) is 4.52 Å². The summed E-state index contributed by atoms with van der Waals surface area (Å²) in [7, 11) is 0. The summed E-state index contributed by atoms with van der Waals surface area (Å²) in [5, 5.41) is 7.55. The predicted octanol–water partition coefficient (Wildman–Crippen LogP) is 5.57. The standard InChI is InChI=1S/C23H35N3O/c1-2-3-4-5-6-7-8-9-10-19-11-13-21(14-12-19)23-25-22(27-26-23)17-20-15-16-24-18-20/h11-14,20,24H,2-10,15-18H2,1H3/t20-/m1/s1. The molecule has 4 nitrogen and oxygen atoms in total. The van der Waals surface area contributed by atoms with Crippen LogP contribution in [0, 0.1) is 5.92 Å². The Balaban J connectivity index is 1.37. The van der Waals surface area contributed by atoms with E-state index < -0.39 is 0 Å². The van der Waals surface area contributed by atoms with Gasteiger partial charge in [-0.3, -0.25) is 0 Å². The Kier molecular flexibility index (Phi) is 8.34. The van der Waals surface area contributed by atoms with Gasteiger partial charge < -0.3 is 9.84 Å². The van der Waals surface area contributed by atoms with Gasteiger partial charge in [-0.15, -0.1) is 0 Å². The Morgan fingerprint density at radius 1 is 1.00 bits per heavy atom. The summed E-state index contributed by atoms with van der Waals surface area (Å²) in [5.74, 6) is 2.11. The summed E-state index contributed by atoms with van der Waals surface area (Å²) in [6, 6.07) is 8.69. The van der Waals surface area contributed by atoms with Gasteiger partial charge in [-0.25, -0.2) is 0 Å². The first-order chi connectivity index (χ1) is 13.3. The third-order valence-corrected chi connectivity index (χ3v) is 5.62. The fourth-order valence-electron chi connectivity index (χ4n) is 3.87. The highest BCUT2D eigenvalue weighted by molar-refractivity contribution is 5.54. The SMILES string of the molecule is CCCCCCCCCCc1ccc(-c2noc(C[C@H]3CCNC3)n2)cc1. The van der Waals surface area contributed by atoms with Crippen molar-refractivity contribution in [2.45, 2.75) is 77.6 Å². The van der Waals surface area contributed by atoms with Crippen LogP contribution in [0.3, 0.4) is 0 Å². The molecule has 0 spiro atoms. The molecule has 2 aromatic rings. The molecule has 1 atom stereocenters. The minimum Gasteiger partial charge on any atom is -0.339 e. The van der Waals surface area contributed by atoms with Gasteiger partial charge >= 0.3 is 0 Å². The molecule has 4 heteroatoms. The zero-order valence-corrected chi connectivity index (χ0v) is 16.9. The number of aryl methyl sites for hydroxylation is 1. The first-order valence-electron chi connectivity index (χ1n) is 11.0. The molecule has 27 heavy (non-hydrogen) atoms. The number of hydrogen-bond acceptors (Lipinski definition) is 4. The van der Waals surface area contributed by atoms with Crippen molar-refractivity contribution >= 4 is 0 Å². The summed E-state index contributed by atoms with van der Waals surface area (Å²) < 4.78 is 5.45. The quantitative estimate of drug-likeness (QED) is 0.497. The van der Waals surface area contributed by atoms with Crippen LogP contribution in [0.25, 0.3) is 11.4 Å². The molecule has 0 unspecified atom stereocenters. The first-order valence-corrected chi connectivity index (χ1v) is 11.0. The smallest absolute Gasteiger partial charge is 0.227 e. The summed E-state index contributed by atoms with van der Waals surface area (Å²) in [6.45, 7) is 4.44. The molecular weight excluding hydrogens is 334 g/mol. The second-order valence-corrected chi connectivity index (χ2v) is 8.00. The van der Waals surface area contributed by atoms with Gasteiger partial charge in [0, 0.05) is 12.0 Å². The van der Waals surface area contributed by atoms with E-state index in [-0.39, 0.29) is 0 Å². The van der Waals surface area contributed by atoms with Gasteiger partial charge in [0.25, 0.3) is 0 Å². The Labute approximate surface area is 164 Å². The maximum Gasteiger partial charge on any atom is 0.227 e. The van der Waals surface area contributed by atoms with Crippen molar-refractivity contribution in [3.8, 4) is 11.4 Å². The molecule has 3 rings (SSSR count). The molecular formula is C23H35N3O. The van der Waals surface area contributed by atoms with Crippen LogP contribution in [0.5, 0.6) is 0 Å². The van der Waals surface area contributed by atoms with Crippen molar-refractivity contribution in [3.63, 3.8) is 0 Å². The maximum atomic E-state index is 5.45. The highest BCUT2D eigenvalue weighted by atomic mass is 16.5. The number of benzene rings is 1. The molecule has 0 saturated carbocycles. The van der Waals surface area contributed by atoms with E-state index >= 15 is 0 Å². The third kappa shape index (κ3) is 6.76. The minimum absolute atomic E-state index is 0.632. The van der Waals surface area contributed by atoms with E-state index in [1.165, 1.54) is 69.8 Å². The van der Waals surface area contributed by atoms with Gasteiger partial charge in [-0.1, -0.05) is 81.3 Å². The minimum atomic E-state index is 0.632. The number of nitrogens with one attached hydrogen (secondary N) is 1. The van der Waals surface area contributed by atoms with Crippen molar-refractivity contribution in [1.29, 1.82) is 0 Å². The number of hydrogen-bond donors (Lipinski definition) is 1. The average molecular weight is 370 g/mol. The Hall–Kier alpha value is -1.68. The van der Waals surface area contributed by atoms with Crippen LogP contribution in [-0.4, -0.2) is 23.2 Å². The van der Waals surface area contributed by atoms with Gasteiger partial charge in [-0.05, 0) is 43.8 Å². The molecule has 1 saturated heterocycles. The van der Waals surface area contributed by atoms with E-state index in [1.807, 2.05) is 0 Å². The van der Waals surface area contributed by atoms with Crippen LogP contribution < -0.4 is 5.32 Å². The molecule has 1 aromatic heterocycles. The Bertz CT molecular complexity index is 644. The fraction of sp³-hybridized carbons (Fsp3) is 0.652. The predicted molar refractivity (Wildman–Crippen MR) is 111 cm³/mol. The maximum absolute atomic E-state index is 5.45. The Morgan fingerprint density at radius 3 is 2.44 bits per heavy atom. The van der Waals surface area contributed by atoms with E-state index in [1.54, 1.807) is 0 Å². The lowest BCUT2D eigenvalue weighted by Crippen LogP contribution is -2.10. The van der Waals surface area contributed by atoms with Gasteiger partial charge in [0.2, 0.25) is 11.7 Å². The third-order valence-electron chi connectivity index (χ3n) is 5.62. The van der Waals surface area contributed by atoms with Crippen LogP contribution in [0.1, 0.15) is 76.2 Å². The lowest BCUT2D eigenvalue weighted by Gasteiger charge is -2.03. The largest absolute Gasteiger partial charge is 0.339 e. The fourth-order valence-corrected chi connectivity index (χ4v) is 3.87. The van der Waals surface area contributed by atoms with E-state index in [0.717, 1.165) is 36.8 Å². The van der Waals surface area contributed by atoms with Crippen LogP contribution in [-0.2, 0) is 12.8 Å². The lowest BCUT2D eigenvalue weighted by molar-refractivity contribution is 0.358. The van der Waals surface area contributed by atoms with Crippen molar-refractivity contribution in [1.82, 2.24) is 15.5 Å². The molecule has 1 fully saturated rings. The summed E-state index contributed by atoms with van der Waals surface area (Å²) in [5.41, 5.74) is 2.46. The van der Waals surface area contributed by atoms with Gasteiger partial charge in [0.05, 0.1) is 0 Å². The molecule has 1 aliphatic rings. The van der Waals surface area contributed by atoms with Crippen LogP contribution in [0.4, 0.5) is 0 Å². The Morgan fingerprint density at radius 2 is 1.74 bits per heavy atom. The highest BCUT2D eigenvalue weighted by Crippen LogP contribution is 2.20. The second kappa shape index (κ2) is 11.2. The molecule has 2 heterocycles. The monoisotopic (exact) mass is 369 g/mol. The number of aromatic nitrogens is 2. The molecule has 1 aromatic carbocycles. The van der Waals surface area contributed by atoms with Crippen molar-refractivity contribution < 1.29 is 4.52 Å². The van der Waals surface area contributed by atoms with E-state index in [9.17, 15) is 0 Å². The van der Waals surface area contributed by atoms with Gasteiger partial charge in [0.15, 0.2) is 0 Å². The number of nitrogens with zero attached hydrogens (tertiary/aromatic N) is 2. The van der Waals surface area contributed by atoms with Crippen LogP contribution >= 0.6 is 0 Å². The summed E-state index contributed by atoms with van der Waals surface area (Å²) >= 11 is 0. The lowest BCUT2D eigenvalue weighted by atomic mass is 10.0. The second-order valence-electron chi connectivity index (χ2n) is 8.00. The zero-order valence-electron chi connectivity index (χ0n) is 16.9. The molecule has 0 radical (unpaired) electrons. The molecule has 148 valence electrons. The molecule has 0 amide bonds. The molecule has 0 aliphatic carbocycles. The summed E-state index contributed by atoms with van der Waals surface area (Å²) in [4.78, 5) is 4.59. The van der Waals surface area contributed by atoms with Crippen LogP contribution in [0.2, 0.25) is 0 Å².